The van der Waals surface area contributed by atoms with E-state index >= 15 is 0 Å². The van der Waals surface area contributed by atoms with E-state index in [1.54, 1.807) is 28.9 Å². The van der Waals surface area contributed by atoms with Crippen molar-refractivity contribution in [2.24, 2.45) is 0 Å². The molecule has 2 N–H and O–H groups in total. The summed E-state index contributed by atoms with van der Waals surface area (Å²) in [5, 5.41) is 14.4. The summed E-state index contributed by atoms with van der Waals surface area (Å²) in [6, 6.07) is 14.3. The number of fused-ring (bicyclic) bond motifs is 1. The average Bonchev–Trinajstić information content (AvgIpc) is 3.22. The first-order valence-corrected chi connectivity index (χ1v) is 7.43. The molecule has 0 spiro atoms. The third kappa shape index (κ3) is 3.02. The number of amides is 1. The number of para-hydroxylation sites is 1. The number of nitrogens with zero attached hydrogens (tertiary/aromatic N) is 4. The number of benzene rings is 2. The fraction of sp³-hybridized carbons (Fsp3) is 0.0625. The minimum Gasteiger partial charge on any atom is -0.324 e. The van der Waals surface area contributed by atoms with Gasteiger partial charge in [-0.3, -0.25) is 14.3 Å². The number of rotatable bonds is 4. The molecule has 1 amide bonds. The summed E-state index contributed by atoms with van der Waals surface area (Å²) in [5.41, 5.74) is 2.82. The first-order chi connectivity index (χ1) is 12.2. The maximum absolute atomic E-state index is 12.2. The Bertz CT molecular complexity index is 1090. The van der Waals surface area contributed by atoms with Crippen LogP contribution in [0.1, 0.15) is 0 Å². The van der Waals surface area contributed by atoms with Crippen molar-refractivity contribution in [1.29, 1.82) is 0 Å². The Kier molecular flexibility index (Phi) is 3.58. The van der Waals surface area contributed by atoms with E-state index in [9.17, 15) is 9.59 Å². The standard InChI is InChI=1S/C16H12N6O3/c23-14(9-22-13-4-2-1-3-12(13)19-21-22)17-11-7-5-10(6-8-11)15-18-16(24)25-20-15/h1-8H,9H2,(H,17,23)(H,18,20,24). The van der Waals surface area contributed by atoms with Gasteiger partial charge in [0.05, 0.1) is 5.52 Å². The maximum atomic E-state index is 12.2. The minimum absolute atomic E-state index is 0.0544. The number of carbonyl (C=O) groups excluding carboxylic acids is 1. The Labute approximate surface area is 140 Å². The zero-order chi connectivity index (χ0) is 17.2. The zero-order valence-corrected chi connectivity index (χ0v) is 12.8. The smallest absolute Gasteiger partial charge is 0.324 e. The quantitative estimate of drug-likeness (QED) is 0.581. The minimum atomic E-state index is -0.618. The van der Waals surface area contributed by atoms with Crippen LogP contribution in [0.5, 0.6) is 0 Å². The lowest BCUT2D eigenvalue weighted by Gasteiger charge is -2.06. The SMILES string of the molecule is O=C(Cn1nnc2ccccc21)Nc1ccc(-c2noc(=O)[nH]2)cc1. The van der Waals surface area contributed by atoms with E-state index in [1.807, 2.05) is 24.3 Å². The van der Waals surface area contributed by atoms with Crippen molar-refractivity contribution in [3.05, 3.63) is 59.1 Å². The largest absolute Gasteiger partial charge is 0.439 e. The summed E-state index contributed by atoms with van der Waals surface area (Å²) in [5.74, 6) is -0.511. The Morgan fingerprint density at radius 2 is 1.96 bits per heavy atom. The van der Waals surface area contributed by atoms with Crippen molar-refractivity contribution < 1.29 is 9.32 Å². The molecule has 25 heavy (non-hydrogen) atoms. The van der Waals surface area contributed by atoms with Gasteiger partial charge >= 0.3 is 5.76 Å². The van der Waals surface area contributed by atoms with Gasteiger partial charge < -0.3 is 5.32 Å². The molecule has 9 nitrogen and oxygen atoms in total. The number of hydrogen-bond donors (Lipinski definition) is 2. The van der Waals surface area contributed by atoms with Gasteiger partial charge in [0.2, 0.25) is 5.91 Å². The highest BCUT2D eigenvalue weighted by Crippen LogP contribution is 2.17. The molecule has 2 aromatic carbocycles. The second-order valence-corrected chi connectivity index (χ2v) is 5.30. The monoisotopic (exact) mass is 336 g/mol. The number of carbonyl (C=O) groups is 1. The van der Waals surface area contributed by atoms with Crippen molar-refractivity contribution in [3.8, 4) is 11.4 Å². The van der Waals surface area contributed by atoms with E-state index in [2.05, 4.69) is 30.3 Å². The van der Waals surface area contributed by atoms with Gasteiger partial charge in [0.15, 0.2) is 5.82 Å². The van der Waals surface area contributed by atoms with Gasteiger partial charge in [0, 0.05) is 11.3 Å². The summed E-state index contributed by atoms with van der Waals surface area (Å²) >= 11 is 0. The second kappa shape index (κ2) is 6.04. The molecule has 0 aliphatic rings. The Balaban J connectivity index is 1.46. The van der Waals surface area contributed by atoms with E-state index in [4.69, 9.17) is 0 Å². The number of aromatic amines is 1. The van der Waals surface area contributed by atoms with E-state index in [-0.39, 0.29) is 12.5 Å². The molecule has 9 heteroatoms. The molecule has 2 aromatic heterocycles. The number of nitrogens with one attached hydrogen (secondary N) is 2. The lowest BCUT2D eigenvalue weighted by atomic mass is 10.2. The third-order valence-electron chi connectivity index (χ3n) is 3.60. The molecule has 0 fully saturated rings. The van der Waals surface area contributed by atoms with Crippen LogP contribution in [0.25, 0.3) is 22.4 Å². The van der Waals surface area contributed by atoms with Gasteiger partial charge in [-0.1, -0.05) is 22.5 Å². The fourth-order valence-electron chi connectivity index (χ4n) is 2.44. The molecule has 4 aromatic rings. The zero-order valence-electron chi connectivity index (χ0n) is 12.8. The molecule has 0 saturated carbocycles. The summed E-state index contributed by atoms with van der Waals surface area (Å²) < 4.78 is 6.00. The van der Waals surface area contributed by atoms with Crippen LogP contribution in [0.4, 0.5) is 5.69 Å². The molecule has 2 heterocycles. The summed E-state index contributed by atoms with van der Waals surface area (Å²) in [4.78, 5) is 25.6. The van der Waals surface area contributed by atoms with Crippen LogP contribution >= 0.6 is 0 Å². The van der Waals surface area contributed by atoms with E-state index in [1.165, 1.54) is 0 Å². The molecule has 4 rings (SSSR count). The van der Waals surface area contributed by atoms with E-state index in [0.717, 1.165) is 11.0 Å². The van der Waals surface area contributed by atoms with Gasteiger partial charge in [-0.25, -0.2) is 9.48 Å². The Morgan fingerprint density at radius 1 is 1.16 bits per heavy atom. The lowest BCUT2D eigenvalue weighted by molar-refractivity contribution is -0.116. The Hall–Kier alpha value is -3.75. The number of hydrogen-bond acceptors (Lipinski definition) is 6. The topological polar surface area (TPSA) is 119 Å². The normalized spacial score (nSPS) is 10.9. The molecule has 0 unspecified atom stereocenters. The number of aromatic nitrogens is 5. The van der Waals surface area contributed by atoms with Gasteiger partial charge in [0.1, 0.15) is 12.1 Å². The first-order valence-electron chi connectivity index (χ1n) is 7.43. The van der Waals surface area contributed by atoms with Crippen LogP contribution in [0.15, 0.2) is 57.8 Å². The molecule has 0 atom stereocenters. The molecule has 0 aliphatic heterocycles. The molecule has 0 aliphatic carbocycles. The lowest BCUT2D eigenvalue weighted by Crippen LogP contribution is -2.19. The molecule has 0 radical (unpaired) electrons. The van der Waals surface area contributed by atoms with Crippen LogP contribution in [-0.2, 0) is 11.3 Å². The molecule has 0 saturated heterocycles. The van der Waals surface area contributed by atoms with Crippen molar-refractivity contribution in [2.75, 3.05) is 5.32 Å². The summed E-state index contributed by atoms with van der Waals surface area (Å²) in [7, 11) is 0. The van der Waals surface area contributed by atoms with Gasteiger partial charge in [-0.2, -0.15) is 0 Å². The maximum Gasteiger partial charge on any atom is 0.439 e. The van der Waals surface area contributed by atoms with E-state index < -0.39 is 5.76 Å². The van der Waals surface area contributed by atoms with Crippen molar-refractivity contribution in [3.63, 3.8) is 0 Å². The van der Waals surface area contributed by atoms with Crippen LogP contribution < -0.4 is 11.1 Å². The van der Waals surface area contributed by atoms with Crippen molar-refractivity contribution in [1.82, 2.24) is 25.1 Å². The van der Waals surface area contributed by atoms with E-state index in [0.29, 0.717) is 17.1 Å². The van der Waals surface area contributed by atoms with Gasteiger partial charge in [-0.05, 0) is 36.4 Å². The van der Waals surface area contributed by atoms with Gasteiger partial charge in [-0.15, -0.1) is 5.10 Å². The van der Waals surface area contributed by atoms with Crippen molar-refractivity contribution in [2.45, 2.75) is 6.54 Å². The van der Waals surface area contributed by atoms with Crippen LogP contribution in [-0.4, -0.2) is 31.0 Å². The molecule has 0 bridgehead atoms. The highest BCUT2D eigenvalue weighted by molar-refractivity contribution is 5.91. The predicted octanol–water partition coefficient (Wildman–Crippen LogP) is 1.41. The third-order valence-corrected chi connectivity index (χ3v) is 3.60. The second-order valence-electron chi connectivity index (χ2n) is 5.30. The van der Waals surface area contributed by atoms with Gasteiger partial charge in [0.25, 0.3) is 0 Å². The summed E-state index contributed by atoms with van der Waals surface area (Å²) in [6.45, 7) is 0.0544. The van der Waals surface area contributed by atoms with Crippen LogP contribution in [0.2, 0.25) is 0 Å². The molecular formula is C16H12N6O3. The Morgan fingerprint density at radius 3 is 2.72 bits per heavy atom. The summed E-state index contributed by atoms with van der Waals surface area (Å²) in [6.07, 6.45) is 0. The number of H-pyrrole nitrogens is 1. The highest BCUT2D eigenvalue weighted by Gasteiger charge is 2.09. The first kappa shape index (κ1) is 14.8. The predicted molar refractivity (Wildman–Crippen MR) is 88.7 cm³/mol. The van der Waals surface area contributed by atoms with Crippen LogP contribution in [0, 0.1) is 0 Å². The van der Waals surface area contributed by atoms with Crippen LogP contribution in [0.3, 0.4) is 0 Å². The fourth-order valence-corrected chi connectivity index (χ4v) is 2.44. The average molecular weight is 336 g/mol. The molecular weight excluding hydrogens is 324 g/mol. The number of anilines is 1. The highest BCUT2D eigenvalue weighted by atomic mass is 16.5. The van der Waals surface area contributed by atoms with Crippen molar-refractivity contribution >= 4 is 22.6 Å². The molecule has 124 valence electrons.